The summed E-state index contributed by atoms with van der Waals surface area (Å²) >= 11 is 0. The molecule has 0 aromatic carbocycles. The van der Waals surface area contributed by atoms with Crippen LogP contribution in [-0.2, 0) is 0 Å². The van der Waals surface area contributed by atoms with E-state index in [9.17, 15) is 0 Å². The monoisotopic (exact) mass is 186 g/mol. The molecule has 3 N–H and O–H groups in total. The van der Waals surface area contributed by atoms with Crippen molar-refractivity contribution in [3.05, 3.63) is 0 Å². The molecule has 0 amide bonds. The molecule has 0 bridgehead atoms. The second-order valence-electron chi connectivity index (χ2n) is 5.30. The first kappa shape index (κ1) is 12.9. The minimum Gasteiger partial charge on any atom is -0.271 e. The van der Waals surface area contributed by atoms with Gasteiger partial charge in [-0.15, -0.1) is 0 Å². The molecule has 0 aliphatic carbocycles. The van der Waals surface area contributed by atoms with Crippen molar-refractivity contribution < 1.29 is 0 Å². The number of hydrogen-bond acceptors (Lipinski definition) is 2. The van der Waals surface area contributed by atoms with Crippen molar-refractivity contribution in [2.45, 2.75) is 59.9 Å². The van der Waals surface area contributed by atoms with Crippen LogP contribution in [-0.4, -0.2) is 6.04 Å². The fourth-order valence-corrected chi connectivity index (χ4v) is 1.74. The molecule has 2 unspecified atom stereocenters. The van der Waals surface area contributed by atoms with E-state index < -0.39 is 0 Å². The van der Waals surface area contributed by atoms with Crippen molar-refractivity contribution >= 4 is 0 Å². The molecule has 0 heterocycles. The van der Waals surface area contributed by atoms with Crippen LogP contribution in [0.15, 0.2) is 0 Å². The third-order valence-electron chi connectivity index (χ3n) is 2.48. The normalized spacial score (nSPS) is 17.1. The second kappa shape index (κ2) is 5.61. The van der Waals surface area contributed by atoms with Crippen LogP contribution in [0.4, 0.5) is 0 Å². The summed E-state index contributed by atoms with van der Waals surface area (Å²) in [4.78, 5) is 0. The summed E-state index contributed by atoms with van der Waals surface area (Å²) in [5, 5.41) is 0. The summed E-state index contributed by atoms with van der Waals surface area (Å²) in [6, 6.07) is 0.458. The van der Waals surface area contributed by atoms with Gasteiger partial charge in [-0.25, -0.2) is 0 Å². The van der Waals surface area contributed by atoms with Gasteiger partial charge in [-0.05, 0) is 24.2 Å². The lowest BCUT2D eigenvalue weighted by molar-refractivity contribution is 0.248. The number of nitrogens with two attached hydrogens (primary N) is 1. The SMILES string of the molecule is CCCC(C)C(CC(C)(C)C)NN. The van der Waals surface area contributed by atoms with E-state index in [2.05, 4.69) is 40.0 Å². The fraction of sp³-hybridized carbons (Fsp3) is 1.00. The molecule has 0 fully saturated rings. The molecule has 0 radical (unpaired) electrons. The van der Waals surface area contributed by atoms with Crippen molar-refractivity contribution in [2.75, 3.05) is 0 Å². The first-order valence-corrected chi connectivity index (χ1v) is 5.37. The Morgan fingerprint density at radius 2 is 1.85 bits per heavy atom. The number of rotatable bonds is 5. The van der Waals surface area contributed by atoms with Crippen LogP contribution in [0, 0.1) is 11.3 Å². The molecule has 80 valence electrons. The van der Waals surface area contributed by atoms with Gasteiger partial charge >= 0.3 is 0 Å². The molecule has 0 saturated heterocycles. The molecule has 2 atom stereocenters. The van der Waals surface area contributed by atoms with Gasteiger partial charge in [0.2, 0.25) is 0 Å². The largest absolute Gasteiger partial charge is 0.271 e. The van der Waals surface area contributed by atoms with Crippen LogP contribution >= 0.6 is 0 Å². The average Bonchev–Trinajstić information content (AvgIpc) is 1.99. The van der Waals surface area contributed by atoms with Crippen molar-refractivity contribution in [1.29, 1.82) is 0 Å². The van der Waals surface area contributed by atoms with E-state index in [0.29, 0.717) is 17.4 Å². The lowest BCUT2D eigenvalue weighted by Gasteiger charge is -2.29. The second-order valence-corrected chi connectivity index (χ2v) is 5.30. The van der Waals surface area contributed by atoms with E-state index in [0.717, 1.165) is 6.42 Å². The maximum atomic E-state index is 5.56. The first-order chi connectivity index (χ1) is 5.90. The van der Waals surface area contributed by atoms with Crippen LogP contribution in [0.25, 0.3) is 0 Å². The Labute approximate surface area is 83.2 Å². The van der Waals surface area contributed by atoms with Crippen LogP contribution in [0.5, 0.6) is 0 Å². The molecule has 2 heteroatoms. The van der Waals surface area contributed by atoms with Crippen molar-refractivity contribution in [1.82, 2.24) is 5.43 Å². The van der Waals surface area contributed by atoms with Gasteiger partial charge in [-0.2, -0.15) is 0 Å². The van der Waals surface area contributed by atoms with E-state index in [1.54, 1.807) is 0 Å². The first-order valence-electron chi connectivity index (χ1n) is 5.37. The standard InChI is InChI=1S/C11H26N2/c1-6-7-9(2)10(13-12)8-11(3,4)5/h9-10,13H,6-8,12H2,1-5H3. The topological polar surface area (TPSA) is 38.0 Å². The molecule has 0 rings (SSSR count). The Morgan fingerprint density at radius 3 is 2.15 bits per heavy atom. The molecule has 0 saturated carbocycles. The minimum atomic E-state index is 0.360. The lowest BCUT2D eigenvalue weighted by atomic mass is 9.82. The molecule has 0 aromatic heterocycles. The van der Waals surface area contributed by atoms with Crippen LogP contribution in [0.2, 0.25) is 0 Å². The smallest absolute Gasteiger partial charge is 0.0241 e. The molecule has 0 aliphatic heterocycles. The number of hydrazine groups is 1. The zero-order valence-corrected chi connectivity index (χ0v) is 9.85. The summed E-state index contributed by atoms with van der Waals surface area (Å²) in [5.74, 6) is 6.24. The quantitative estimate of drug-likeness (QED) is 0.512. The van der Waals surface area contributed by atoms with Crippen molar-refractivity contribution in [3.8, 4) is 0 Å². The van der Waals surface area contributed by atoms with E-state index >= 15 is 0 Å². The van der Waals surface area contributed by atoms with Crippen LogP contribution in [0.1, 0.15) is 53.9 Å². The molecular formula is C11H26N2. The molecule has 13 heavy (non-hydrogen) atoms. The number of nitrogens with one attached hydrogen (secondary N) is 1. The zero-order valence-electron chi connectivity index (χ0n) is 9.85. The maximum Gasteiger partial charge on any atom is 0.0241 e. The Hall–Kier alpha value is -0.0800. The van der Waals surface area contributed by atoms with Crippen molar-refractivity contribution in [2.24, 2.45) is 17.2 Å². The van der Waals surface area contributed by atoms with Gasteiger partial charge in [-0.1, -0.05) is 41.0 Å². The summed E-state index contributed by atoms with van der Waals surface area (Å²) in [6.45, 7) is 11.3. The predicted molar refractivity (Wildman–Crippen MR) is 59.3 cm³/mol. The molecule has 0 spiro atoms. The highest BCUT2D eigenvalue weighted by molar-refractivity contribution is 4.77. The highest BCUT2D eigenvalue weighted by Gasteiger charge is 2.21. The highest BCUT2D eigenvalue weighted by atomic mass is 15.2. The summed E-state index contributed by atoms with van der Waals surface area (Å²) in [7, 11) is 0. The van der Waals surface area contributed by atoms with E-state index in [1.165, 1.54) is 12.8 Å². The fourth-order valence-electron chi connectivity index (χ4n) is 1.74. The van der Waals surface area contributed by atoms with Gasteiger partial charge in [0.05, 0.1) is 0 Å². The average molecular weight is 186 g/mol. The maximum absolute atomic E-state index is 5.56. The third-order valence-corrected chi connectivity index (χ3v) is 2.48. The summed E-state index contributed by atoms with van der Waals surface area (Å²) in [5.41, 5.74) is 3.30. The Morgan fingerprint density at radius 1 is 1.31 bits per heavy atom. The number of hydrogen-bond donors (Lipinski definition) is 2. The van der Waals surface area contributed by atoms with Gasteiger partial charge in [0.25, 0.3) is 0 Å². The highest BCUT2D eigenvalue weighted by Crippen LogP contribution is 2.25. The van der Waals surface area contributed by atoms with E-state index in [-0.39, 0.29) is 0 Å². The summed E-state index contributed by atoms with van der Waals surface area (Å²) in [6.07, 6.45) is 3.64. The molecule has 2 nitrogen and oxygen atoms in total. The lowest BCUT2D eigenvalue weighted by Crippen LogP contribution is -2.42. The van der Waals surface area contributed by atoms with E-state index in [4.69, 9.17) is 5.84 Å². The Balaban J connectivity index is 4.01. The van der Waals surface area contributed by atoms with Crippen LogP contribution < -0.4 is 11.3 Å². The third kappa shape index (κ3) is 6.05. The molecule has 0 aromatic rings. The molecule has 0 aliphatic rings. The Kier molecular flexibility index (Phi) is 5.57. The van der Waals surface area contributed by atoms with Gasteiger partial charge in [-0.3, -0.25) is 11.3 Å². The summed E-state index contributed by atoms with van der Waals surface area (Å²) < 4.78 is 0. The van der Waals surface area contributed by atoms with E-state index in [1.807, 2.05) is 0 Å². The Bertz CT molecular complexity index is 127. The van der Waals surface area contributed by atoms with Crippen molar-refractivity contribution in [3.63, 3.8) is 0 Å². The zero-order chi connectivity index (χ0) is 10.5. The van der Waals surface area contributed by atoms with Gasteiger partial charge in [0.1, 0.15) is 0 Å². The van der Waals surface area contributed by atoms with Gasteiger partial charge in [0.15, 0.2) is 0 Å². The minimum absolute atomic E-state index is 0.360. The molecular weight excluding hydrogens is 160 g/mol. The van der Waals surface area contributed by atoms with Gasteiger partial charge in [0, 0.05) is 6.04 Å². The van der Waals surface area contributed by atoms with Crippen LogP contribution in [0.3, 0.4) is 0 Å². The van der Waals surface area contributed by atoms with Gasteiger partial charge < -0.3 is 0 Å². The predicted octanol–water partition coefficient (Wildman–Crippen LogP) is 2.69.